The van der Waals surface area contributed by atoms with E-state index in [2.05, 4.69) is 42.3 Å². The number of carbonyl (C=O) groups is 1. The van der Waals surface area contributed by atoms with E-state index in [1.54, 1.807) is 6.92 Å². The molecule has 3 aromatic heterocycles. The Morgan fingerprint density at radius 1 is 1.26 bits per heavy atom. The number of alkyl halides is 3. The predicted molar refractivity (Wildman–Crippen MR) is 113 cm³/mol. The van der Waals surface area contributed by atoms with E-state index in [0.717, 1.165) is 12.1 Å². The molecule has 3 heterocycles. The Morgan fingerprint density at radius 3 is 2.85 bits per heavy atom. The van der Waals surface area contributed by atoms with Crippen LogP contribution in [0.4, 0.5) is 13.2 Å². The molecule has 0 aliphatic carbocycles. The van der Waals surface area contributed by atoms with Gasteiger partial charge in [0.05, 0.1) is 29.2 Å². The molecule has 4 rings (SSSR count). The number of hydrogen-bond acceptors (Lipinski definition) is 7. The summed E-state index contributed by atoms with van der Waals surface area (Å²) in [6.07, 6.45) is -2.98. The van der Waals surface area contributed by atoms with E-state index in [1.165, 1.54) is 24.5 Å². The molecule has 0 spiro atoms. The van der Waals surface area contributed by atoms with Crippen LogP contribution in [0.2, 0.25) is 0 Å². The number of aliphatic hydroxyl groups excluding tert-OH is 1. The zero-order valence-electron chi connectivity index (χ0n) is 17.6. The molecule has 3 N–H and O–H groups in total. The van der Waals surface area contributed by atoms with Gasteiger partial charge in [-0.3, -0.25) is 4.79 Å². The van der Waals surface area contributed by atoms with Gasteiger partial charge in [0.15, 0.2) is 11.6 Å². The van der Waals surface area contributed by atoms with Crippen LogP contribution in [0.25, 0.3) is 22.6 Å². The normalized spacial score (nSPS) is 12.3. The summed E-state index contributed by atoms with van der Waals surface area (Å²) < 4.78 is 44.1. The van der Waals surface area contributed by atoms with Crippen molar-refractivity contribution < 1.29 is 27.6 Å². The molecule has 12 heteroatoms. The number of amides is 1. The zero-order chi connectivity index (χ0) is 24.3. The first kappa shape index (κ1) is 22.9. The molecule has 0 aliphatic rings. The van der Waals surface area contributed by atoms with E-state index in [9.17, 15) is 18.0 Å². The number of benzene rings is 1. The summed E-state index contributed by atoms with van der Waals surface area (Å²) in [6, 6.07) is 5.54. The third kappa shape index (κ3) is 5.05. The standard InChI is InChI=1S/C22H17F3N6O3/c1-12(28-21(33)18-9-14(26-11-27-18)4-2-3-7-32)19-10-17(31-34-19)20-29-15-6-5-13(22(23,24)25)8-16(15)30-20/h5-6,8-12,32H,3,7H2,1H3,(H,28,33)(H,29,30). The topological polar surface area (TPSA) is 130 Å². The zero-order valence-corrected chi connectivity index (χ0v) is 17.6. The Balaban J connectivity index is 1.48. The van der Waals surface area contributed by atoms with Gasteiger partial charge in [0.1, 0.15) is 23.4 Å². The van der Waals surface area contributed by atoms with Crippen LogP contribution in [0.1, 0.15) is 46.9 Å². The second-order valence-electron chi connectivity index (χ2n) is 7.19. The van der Waals surface area contributed by atoms with Crippen LogP contribution in [-0.4, -0.2) is 42.7 Å². The van der Waals surface area contributed by atoms with E-state index < -0.39 is 23.7 Å². The molecule has 0 fully saturated rings. The Labute approximate surface area is 190 Å². The number of hydrogen-bond donors (Lipinski definition) is 3. The van der Waals surface area contributed by atoms with E-state index in [4.69, 9.17) is 9.63 Å². The van der Waals surface area contributed by atoms with Crippen molar-refractivity contribution in [3.63, 3.8) is 0 Å². The summed E-state index contributed by atoms with van der Waals surface area (Å²) in [7, 11) is 0. The van der Waals surface area contributed by atoms with Crippen molar-refractivity contribution in [3.05, 3.63) is 59.4 Å². The molecule has 0 saturated heterocycles. The number of aromatic amines is 1. The molecule has 0 radical (unpaired) electrons. The Kier molecular flexibility index (Phi) is 6.29. The average molecular weight is 470 g/mol. The molecule has 1 aromatic carbocycles. The molecule has 4 aromatic rings. The van der Waals surface area contributed by atoms with E-state index in [0.29, 0.717) is 17.0 Å². The minimum Gasteiger partial charge on any atom is -0.395 e. The summed E-state index contributed by atoms with van der Waals surface area (Å²) in [5, 5.41) is 15.4. The Morgan fingerprint density at radius 2 is 2.09 bits per heavy atom. The number of rotatable bonds is 5. The van der Waals surface area contributed by atoms with Crippen molar-refractivity contribution in [2.24, 2.45) is 0 Å². The third-order valence-electron chi connectivity index (χ3n) is 4.71. The summed E-state index contributed by atoms with van der Waals surface area (Å²) in [4.78, 5) is 27.5. The summed E-state index contributed by atoms with van der Waals surface area (Å²) in [5.41, 5.74) is 0.450. The van der Waals surface area contributed by atoms with Crippen molar-refractivity contribution in [2.45, 2.75) is 25.6 Å². The van der Waals surface area contributed by atoms with E-state index in [1.807, 2.05) is 0 Å². The fourth-order valence-corrected chi connectivity index (χ4v) is 3.01. The molecule has 34 heavy (non-hydrogen) atoms. The first-order valence-corrected chi connectivity index (χ1v) is 10.0. The number of imidazole rings is 1. The second-order valence-corrected chi connectivity index (χ2v) is 7.19. The predicted octanol–water partition coefficient (Wildman–Crippen LogP) is 3.25. The lowest BCUT2D eigenvalue weighted by Crippen LogP contribution is -2.27. The molecule has 1 unspecified atom stereocenters. The lowest BCUT2D eigenvalue weighted by molar-refractivity contribution is -0.137. The SMILES string of the molecule is CC(NC(=O)c1cc(C#CCCO)ncn1)c1cc(-c2nc3ccc(C(F)(F)F)cc3[nH]2)no1. The molecular weight excluding hydrogens is 453 g/mol. The molecule has 0 aliphatic heterocycles. The summed E-state index contributed by atoms with van der Waals surface area (Å²) in [6.45, 7) is 1.59. The molecule has 9 nitrogen and oxygen atoms in total. The third-order valence-corrected chi connectivity index (χ3v) is 4.71. The van der Waals surface area contributed by atoms with Crippen LogP contribution in [0.5, 0.6) is 0 Å². The maximum absolute atomic E-state index is 12.9. The van der Waals surface area contributed by atoms with Gasteiger partial charge in [-0.25, -0.2) is 15.0 Å². The van der Waals surface area contributed by atoms with Crippen molar-refractivity contribution in [2.75, 3.05) is 6.61 Å². The Hall–Kier alpha value is -4.24. The van der Waals surface area contributed by atoms with Gasteiger partial charge in [0, 0.05) is 18.6 Å². The highest BCUT2D eigenvalue weighted by atomic mass is 19.4. The highest BCUT2D eigenvalue weighted by molar-refractivity contribution is 5.92. The quantitative estimate of drug-likeness (QED) is 0.382. The molecule has 0 saturated carbocycles. The van der Waals surface area contributed by atoms with Gasteiger partial charge in [-0.1, -0.05) is 11.1 Å². The van der Waals surface area contributed by atoms with E-state index >= 15 is 0 Å². The van der Waals surface area contributed by atoms with Gasteiger partial charge in [0.25, 0.3) is 5.91 Å². The number of aromatic nitrogens is 5. The fourth-order valence-electron chi connectivity index (χ4n) is 3.01. The van der Waals surface area contributed by atoms with Crippen molar-refractivity contribution >= 4 is 16.9 Å². The number of halogens is 3. The molecule has 174 valence electrons. The van der Waals surface area contributed by atoms with Crippen molar-refractivity contribution in [1.82, 2.24) is 30.4 Å². The molecule has 0 bridgehead atoms. The van der Waals surface area contributed by atoms with Crippen LogP contribution in [0, 0.1) is 11.8 Å². The van der Waals surface area contributed by atoms with Gasteiger partial charge in [-0.2, -0.15) is 13.2 Å². The number of H-pyrrole nitrogens is 1. The smallest absolute Gasteiger partial charge is 0.395 e. The van der Waals surface area contributed by atoms with Gasteiger partial charge < -0.3 is 19.9 Å². The minimum atomic E-state index is -4.47. The van der Waals surface area contributed by atoms with Crippen LogP contribution < -0.4 is 5.32 Å². The number of nitrogens with zero attached hydrogens (tertiary/aromatic N) is 4. The van der Waals surface area contributed by atoms with Crippen molar-refractivity contribution in [1.29, 1.82) is 0 Å². The van der Waals surface area contributed by atoms with Gasteiger partial charge in [-0.15, -0.1) is 0 Å². The van der Waals surface area contributed by atoms with E-state index in [-0.39, 0.29) is 35.8 Å². The first-order valence-electron chi connectivity index (χ1n) is 10.0. The maximum atomic E-state index is 12.9. The Bertz CT molecular complexity index is 1400. The molecular formula is C22H17F3N6O3. The van der Waals surface area contributed by atoms with Crippen LogP contribution in [-0.2, 0) is 6.18 Å². The van der Waals surface area contributed by atoms with Crippen LogP contribution >= 0.6 is 0 Å². The minimum absolute atomic E-state index is 0.0786. The van der Waals surface area contributed by atoms with Gasteiger partial charge >= 0.3 is 6.18 Å². The molecule has 1 atom stereocenters. The van der Waals surface area contributed by atoms with Crippen LogP contribution in [0.3, 0.4) is 0 Å². The molecule has 1 amide bonds. The monoisotopic (exact) mass is 470 g/mol. The van der Waals surface area contributed by atoms with Gasteiger partial charge in [-0.05, 0) is 31.0 Å². The maximum Gasteiger partial charge on any atom is 0.416 e. The number of aliphatic hydroxyl groups is 1. The highest BCUT2D eigenvalue weighted by Gasteiger charge is 2.31. The first-order chi connectivity index (χ1) is 16.2. The lowest BCUT2D eigenvalue weighted by Gasteiger charge is -2.09. The summed E-state index contributed by atoms with van der Waals surface area (Å²) in [5.74, 6) is 5.47. The van der Waals surface area contributed by atoms with Crippen molar-refractivity contribution in [3.8, 4) is 23.4 Å². The number of carbonyl (C=O) groups excluding carboxylic acids is 1. The number of fused-ring (bicyclic) bond motifs is 1. The highest BCUT2D eigenvalue weighted by Crippen LogP contribution is 2.31. The summed E-state index contributed by atoms with van der Waals surface area (Å²) >= 11 is 0. The number of nitrogens with one attached hydrogen (secondary N) is 2. The average Bonchev–Trinajstić information content (AvgIpc) is 3.45. The van der Waals surface area contributed by atoms with Gasteiger partial charge in [0.2, 0.25) is 0 Å². The second kappa shape index (κ2) is 9.32. The lowest BCUT2D eigenvalue weighted by atomic mass is 10.2. The largest absolute Gasteiger partial charge is 0.416 e. The fraction of sp³-hybridized carbons (Fsp3) is 0.227. The van der Waals surface area contributed by atoms with Crippen LogP contribution in [0.15, 0.2) is 41.2 Å².